The number of aliphatic imine (C=N–C) groups is 2. The zero-order valence-electron chi connectivity index (χ0n) is 12.0. The Bertz CT molecular complexity index is 769. The molecule has 0 aromatic heterocycles. The van der Waals surface area contributed by atoms with Crippen LogP contribution in [0, 0.1) is 20.2 Å². The largest absolute Gasteiger partial charge is 0.462 e. The molecule has 0 unspecified atom stereocenters. The van der Waals surface area contributed by atoms with Crippen molar-refractivity contribution in [3.63, 3.8) is 0 Å². The molecule has 0 fully saturated rings. The van der Waals surface area contributed by atoms with E-state index in [-0.39, 0.29) is 37.4 Å². The van der Waals surface area contributed by atoms with Gasteiger partial charge < -0.3 is 0 Å². The van der Waals surface area contributed by atoms with Crippen molar-refractivity contribution in [2.24, 2.45) is 9.98 Å². The van der Waals surface area contributed by atoms with Crippen LogP contribution in [0.5, 0.6) is 0 Å². The Morgan fingerprint density at radius 1 is 0.913 bits per heavy atom. The Kier molecular flexibility index (Phi) is 3.47. The Morgan fingerprint density at radius 2 is 1.43 bits per heavy atom. The second-order valence-corrected chi connectivity index (χ2v) is 5.33. The first-order valence-corrected chi connectivity index (χ1v) is 7.00. The van der Waals surface area contributed by atoms with Crippen LogP contribution in [-0.2, 0) is 0 Å². The minimum Gasteiger partial charge on any atom is -0.287 e. The second kappa shape index (κ2) is 5.34. The maximum Gasteiger partial charge on any atom is 0.462 e. The fraction of sp³-hybridized carbons (Fsp3) is 0.357. The fourth-order valence-corrected chi connectivity index (χ4v) is 2.81. The average molecular weight is 316 g/mol. The van der Waals surface area contributed by atoms with Crippen molar-refractivity contribution in [1.82, 2.24) is 0 Å². The number of carbonyl (C=O) groups excluding carboxylic acids is 1. The molecular weight excluding hydrogens is 304 g/mol. The van der Waals surface area contributed by atoms with Gasteiger partial charge in [-0.3, -0.25) is 35.0 Å². The highest BCUT2D eigenvalue weighted by molar-refractivity contribution is 6.78. The maximum atomic E-state index is 12.4. The van der Waals surface area contributed by atoms with Crippen LogP contribution in [-0.4, -0.2) is 45.8 Å². The number of Topliss-reactive ketones (excluding diaryl/α,β-unsaturated/α-hetero) is 1. The molecule has 1 aromatic rings. The van der Waals surface area contributed by atoms with Crippen molar-refractivity contribution in [2.75, 3.05) is 13.1 Å². The van der Waals surface area contributed by atoms with E-state index in [0.717, 1.165) is 0 Å². The maximum absolute atomic E-state index is 12.4. The number of nitrogens with zero attached hydrogens (tertiary/aromatic N) is 4. The average Bonchev–Trinajstić information content (AvgIpc) is 2.83. The summed E-state index contributed by atoms with van der Waals surface area (Å²) in [5.41, 5.74) is -0.705. The molecule has 3 rings (SSSR count). The lowest BCUT2D eigenvalue weighted by Gasteiger charge is -2.15. The Hall–Kier alpha value is -2.97. The second-order valence-electron chi connectivity index (χ2n) is 5.33. The molecule has 0 atom stereocenters. The number of rotatable bonds is 2. The van der Waals surface area contributed by atoms with Crippen LogP contribution in [0.1, 0.15) is 28.8 Å². The van der Waals surface area contributed by atoms with Gasteiger partial charge in [0, 0.05) is 11.1 Å². The van der Waals surface area contributed by atoms with E-state index in [1.54, 1.807) is 24.3 Å². The Balaban J connectivity index is 2.04. The lowest BCUT2D eigenvalue weighted by Crippen LogP contribution is -2.47. The number of ketones is 1. The number of hydrogen-bond donors (Lipinski definition) is 0. The van der Waals surface area contributed by atoms with Crippen molar-refractivity contribution in [2.45, 2.75) is 18.5 Å². The number of fused-ring (bicyclic) bond motifs is 3. The third-order valence-corrected chi connectivity index (χ3v) is 4.11. The lowest BCUT2D eigenvalue weighted by atomic mass is 10.0. The summed E-state index contributed by atoms with van der Waals surface area (Å²) in [4.78, 5) is 41.3. The smallest absolute Gasteiger partial charge is 0.287 e. The van der Waals surface area contributed by atoms with E-state index in [1.807, 2.05) is 0 Å². The predicted molar refractivity (Wildman–Crippen MR) is 80.4 cm³/mol. The third-order valence-electron chi connectivity index (χ3n) is 4.11. The Morgan fingerprint density at radius 3 is 2.00 bits per heavy atom. The first kappa shape index (κ1) is 14.9. The monoisotopic (exact) mass is 316 g/mol. The van der Waals surface area contributed by atoms with E-state index in [9.17, 15) is 25.0 Å². The van der Waals surface area contributed by atoms with Crippen LogP contribution in [0.25, 0.3) is 0 Å². The zero-order valence-corrected chi connectivity index (χ0v) is 12.0. The van der Waals surface area contributed by atoms with E-state index in [2.05, 4.69) is 9.98 Å². The molecule has 23 heavy (non-hydrogen) atoms. The number of hydrogen-bond acceptors (Lipinski definition) is 7. The molecular formula is C14H12N4O5. The first-order valence-electron chi connectivity index (χ1n) is 7.00. The van der Waals surface area contributed by atoms with Gasteiger partial charge in [-0.15, -0.1) is 0 Å². The number of benzene rings is 1. The van der Waals surface area contributed by atoms with Gasteiger partial charge in [-0.05, 0) is 0 Å². The SMILES string of the molecule is O=C1C2=NCCC([N+](=O)[O-])([N+](=O)[O-])CCN=C2c2ccccc21. The highest BCUT2D eigenvalue weighted by atomic mass is 16.7. The van der Waals surface area contributed by atoms with Crippen LogP contribution in [0.2, 0.25) is 0 Å². The van der Waals surface area contributed by atoms with Gasteiger partial charge in [0.2, 0.25) is 5.78 Å². The van der Waals surface area contributed by atoms with Crippen molar-refractivity contribution >= 4 is 17.2 Å². The van der Waals surface area contributed by atoms with Gasteiger partial charge in [0.05, 0.1) is 28.6 Å². The number of carbonyl (C=O) groups is 1. The molecule has 1 aliphatic carbocycles. The zero-order chi connectivity index (χ0) is 16.6. The molecule has 0 N–H and O–H groups in total. The first-order chi connectivity index (χ1) is 11.0. The van der Waals surface area contributed by atoms with Gasteiger partial charge in [0.25, 0.3) is 0 Å². The summed E-state index contributed by atoms with van der Waals surface area (Å²) in [5, 5.41) is 22.4. The van der Waals surface area contributed by atoms with Gasteiger partial charge >= 0.3 is 5.66 Å². The van der Waals surface area contributed by atoms with E-state index >= 15 is 0 Å². The molecule has 0 saturated carbocycles. The van der Waals surface area contributed by atoms with E-state index in [0.29, 0.717) is 16.8 Å². The molecule has 118 valence electrons. The summed E-state index contributed by atoms with van der Waals surface area (Å²) >= 11 is 0. The minimum absolute atomic E-state index is 0.113. The minimum atomic E-state index is -2.31. The summed E-state index contributed by atoms with van der Waals surface area (Å²) in [6.45, 7) is -0.284. The van der Waals surface area contributed by atoms with Crippen molar-refractivity contribution < 1.29 is 14.6 Å². The molecule has 0 saturated heterocycles. The van der Waals surface area contributed by atoms with Gasteiger partial charge in [-0.1, -0.05) is 24.3 Å². The molecule has 1 heterocycles. The predicted octanol–water partition coefficient (Wildman–Crippen LogP) is 1.16. The highest BCUT2D eigenvalue weighted by Gasteiger charge is 2.55. The molecule has 9 heteroatoms. The summed E-state index contributed by atoms with van der Waals surface area (Å²) in [6, 6.07) is 6.87. The van der Waals surface area contributed by atoms with Crippen LogP contribution >= 0.6 is 0 Å². The highest BCUT2D eigenvalue weighted by Crippen LogP contribution is 2.26. The standard InChI is InChI=1S/C14H12N4O5/c19-13-10-4-2-1-3-9(10)11-12(13)16-8-6-14(17(20)21,18(22)23)5-7-15-11/h1-4H,5-8H2. The molecule has 0 bridgehead atoms. The molecule has 0 amide bonds. The van der Waals surface area contributed by atoms with Gasteiger partial charge in [-0.25, -0.2) is 0 Å². The quantitative estimate of drug-likeness (QED) is 0.459. The molecule has 1 aromatic carbocycles. The molecule has 9 nitrogen and oxygen atoms in total. The molecule has 0 radical (unpaired) electrons. The lowest BCUT2D eigenvalue weighted by molar-refractivity contribution is -0.798. The van der Waals surface area contributed by atoms with E-state index in [1.165, 1.54) is 0 Å². The summed E-state index contributed by atoms with van der Waals surface area (Å²) in [7, 11) is 0. The van der Waals surface area contributed by atoms with Crippen molar-refractivity contribution in [1.29, 1.82) is 0 Å². The topological polar surface area (TPSA) is 128 Å². The summed E-state index contributed by atoms with van der Waals surface area (Å²) in [6.07, 6.45) is -0.710. The van der Waals surface area contributed by atoms with Crippen LogP contribution < -0.4 is 0 Å². The van der Waals surface area contributed by atoms with Crippen molar-refractivity contribution in [3.8, 4) is 0 Å². The molecule has 2 aliphatic rings. The van der Waals surface area contributed by atoms with Gasteiger partial charge in [0.1, 0.15) is 18.6 Å². The normalized spacial score (nSPS) is 19.4. The fourth-order valence-electron chi connectivity index (χ4n) is 2.81. The molecule has 0 spiro atoms. The third kappa shape index (κ3) is 2.20. The van der Waals surface area contributed by atoms with Crippen molar-refractivity contribution in [3.05, 3.63) is 55.6 Å². The number of nitro groups is 2. The van der Waals surface area contributed by atoms with Crippen LogP contribution in [0.3, 0.4) is 0 Å². The van der Waals surface area contributed by atoms with Crippen LogP contribution in [0.4, 0.5) is 0 Å². The van der Waals surface area contributed by atoms with E-state index in [4.69, 9.17) is 0 Å². The van der Waals surface area contributed by atoms with Gasteiger partial charge in [-0.2, -0.15) is 0 Å². The van der Waals surface area contributed by atoms with Crippen LogP contribution in [0.15, 0.2) is 34.3 Å². The summed E-state index contributed by atoms with van der Waals surface area (Å²) in [5.74, 6) is -0.297. The molecule has 1 aliphatic heterocycles. The van der Waals surface area contributed by atoms with Gasteiger partial charge in [0.15, 0.2) is 0 Å². The Labute approximate surface area is 130 Å². The summed E-state index contributed by atoms with van der Waals surface area (Å²) < 4.78 is 0. The van der Waals surface area contributed by atoms with E-state index < -0.39 is 15.5 Å².